The Balaban J connectivity index is 2.26. The lowest BCUT2D eigenvalue weighted by molar-refractivity contribution is 0.505. The first-order chi connectivity index (χ1) is 6.27. The van der Waals surface area contributed by atoms with Crippen LogP contribution >= 0.6 is 0 Å². The highest BCUT2D eigenvalue weighted by atomic mass is 19.2. The van der Waals surface area contributed by atoms with Gasteiger partial charge in [-0.15, -0.1) is 0 Å². The quantitative estimate of drug-likeness (QED) is 0.631. The Labute approximate surface area is 75.1 Å². The van der Waals surface area contributed by atoms with E-state index in [9.17, 15) is 8.78 Å². The molecule has 1 nitrogen and oxygen atoms in total. The molecule has 0 aromatic heterocycles. The van der Waals surface area contributed by atoms with Crippen LogP contribution in [-0.2, 0) is 0 Å². The Morgan fingerprint density at radius 1 is 1.23 bits per heavy atom. The Kier molecular flexibility index (Phi) is 2.08. The number of benzene rings is 1. The van der Waals surface area contributed by atoms with Crippen molar-refractivity contribution in [2.45, 2.75) is 12.3 Å². The molecule has 0 radical (unpaired) electrons. The summed E-state index contributed by atoms with van der Waals surface area (Å²) in [6, 6.07) is 4.05. The maximum Gasteiger partial charge on any atom is 0.159 e. The zero-order chi connectivity index (χ0) is 9.26. The summed E-state index contributed by atoms with van der Waals surface area (Å²) in [6.07, 6.45) is 2.65. The molecule has 0 N–H and O–H groups in total. The van der Waals surface area contributed by atoms with Crippen molar-refractivity contribution in [2.24, 2.45) is 4.99 Å². The molecule has 0 bridgehead atoms. The molecule has 1 aromatic carbocycles. The summed E-state index contributed by atoms with van der Waals surface area (Å²) < 4.78 is 25.4. The van der Waals surface area contributed by atoms with Crippen LogP contribution in [0.25, 0.3) is 0 Å². The van der Waals surface area contributed by atoms with Gasteiger partial charge < -0.3 is 0 Å². The van der Waals surface area contributed by atoms with Crippen molar-refractivity contribution < 1.29 is 8.78 Å². The summed E-state index contributed by atoms with van der Waals surface area (Å²) >= 11 is 0. The van der Waals surface area contributed by atoms with E-state index in [1.807, 2.05) is 6.21 Å². The fourth-order valence-corrected chi connectivity index (χ4v) is 1.49. The highest BCUT2D eigenvalue weighted by Crippen LogP contribution is 2.23. The first kappa shape index (κ1) is 8.35. The number of hydrogen-bond acceptors (Lipinski definition) is 1. The third-order valence-electron chi connectivity index (χ3n) is 2.26. The molecule has 68 valence electrons. The van der Waals surface area contributed by atoms with Crippen LogP contribution in [0.5, 0.6) is 0 Å². The van der Waals surface area contributed by atoms with Crippen molar-refractivity contribution in [2.75, 3.05) is 6.54 Å². The molecule has 1 atom stereocenters. The second-order valence-corrected chi connectivity index (χ2v) is 3.15. The van der Waals surface area contributed by atoms with Crippen LogP contribution in [-0.4, -0.2) is 12.8 Å². The first-order valence-corrected chi connectivity index (χ1v) is 4.20. The van der Waals surface area contributed by atoms with Gasteiger partial charge >= 0.3 is 0 Å². The van der Waals surface area contributed by atoms with Gasteiger partial charge in [-0.2, -0.15) is 0 Å². The van der Waals surface area contributed by atoms with Gasteiger partial charge in [-0.05, 0) is 30.3 Å². The Morgan fingerprint density at radius 2 is 2.08 bits per heavy atom. The van der Waals surface area contributed by atoms with Crippen molar-refractivity contribution in [1.29, 1.82) is 0 Å². The Hall–Kier alpha value is -1.25. The van der Waals surface area contributed by atoms with Gasteiger partial charge in [0.2, 0.25) is 0 Å². The Morgan fingerprint density at radius 3 is 2.69 bits per heavy atom. The predicted molar refractivity (Wildman–Crippen MR) is 47.1 cm³/mol. The van der Waals surface area contributed by atoms with Crippen LogP contribution in [0, 0.1) is 11.6 Å². The third-order valence-corrected chi connectivity index (χ3v) is 2.26. The van der Waals surface area contributed by atoms with E-state index in [0.29, 0.717) is 6.54 Å². The molecule has 0 fully saturated rings. The van der Waals surface area contributed by atoms with Crippen molar-refractivity contribution in [3.05, 3.63) is 35.4 Å². The zero-order valence-corrected chi connectivity index (χ0v) is 7.00. The van der Waals surface area contributed by atoms with Gasteiger partial charge in [0.05, 0.1) is 0 Å². The molecule has 1 aromatic rings. The van der Waals surface area contributed by atoms with Crippen LogP contribution < -0.4 is 0 Å². The monoisotopic (exact) mass is 181 g/mol. The second kappa shape index (κ2) is 3.24. The van der Waals surface area contributed by atoms with E-state index in [2.05, 4.69) is 4.99 Å². The fourth-order valence-electron chi connectivity index (χ4n) is 1.49. The molecule has 0 spiro atoms. The molecular formula is C10H9F2N. The molecule has 0 aliphatic carbocycles. The molecule has 3 heteroatoms. The van der Waals surface area contributed by atoms with E-state index < -0.39 is 11.6 Å². The van der Waals surface area contributed by atoms with Crippen molar-refractivity contribution >= 4 is 6.21 Å². The summed E-state index contributed by atoms with van der Waals surface area (Å²) in [5.41, 5.74) is 0.830. The topological polar surface area (TPSA) is 12.4 Å². The van der Waals surface area contributed by atoms with Crippen molar-refractivity contribution in [3.63, 3.8) is 0 Å². The lowest BCUT2D eigenvalue weighted by Gasteiger charge is -2.07. The lowest BCUT2D eigenvalue weighted by atomic mass is 9.98. The number of rotatable bonds is 1. The molecule has 1 heterocycles. The van der Waals surface area contributed by atoms with Gasteiger partial charge in [-0.1, -0.05) is 6.07 Å². The van der Waals surface area contributed by atoms with Crippen LogP contribution in [0.1, 0.15) is 17.9 Å². The normalized spacial score (nSPS) is 20.9. The summed E-state index contributed by atoms with van der Waals surface area (Å²) in [6.45, 7) is 0.686. The highest BCUT2D eigenvalue weighted by molar-refractivity contribution is 5.61. The predicted octanol–water partition coefficient (Wildman–Crippen LogP) is 2.52. The van der Waals surface area contributed by atoms with Gasteiger partial charge in [-0.3, -0.25) is 4.99 Å². The number of hydrogen-bond donors (Lipinski definition) is 0. The van der Waals surface area contributed by atoms with Gasteiger partial charge in [0.25, 0.3) is 0 Å². The summed E-state index contributed by atoms with van der Waals surface area (Å²) in [5, 5.41) is 0. The van der Waals surface area contributed by atoms with Gasteiger partial charge in [0.15, 0.2) is 11.6 Å². The van der Waals surface area contributed by atoms with E-state index in [4.69, 9.17) is 0 Å². The summed E-state index contributed by atoms with van der Waals surface area (Å²) in [7, 11) is 0. The maximum absolute atomic E-state index is 12.8. The number of aliphatic imine (C=N–C) groups is 1. The largest absolute Gasteiger partial charge is 0.297 e. The van der Waals surface area contributed by atoms with Crippen molar-refractivity contribution in [3.8, 4) is 0 Å². The van der Waals surface area contributed by atoms with Crippen molar-refractivity contribution in [1.82, 2.24) is 0 Å². The van der Waals surface area contributed by atoms with E-state index in [0.717, 1.165) is 12.0 Å². The number of halogens is 2. The van der Waals surface area contributed by atoms with E-state index in [-0.39, 0.29) is 5.92 Å². The van der Waals surface area contributed by atoms with Crippen LogP contribution in [0.2, 0.25) is 0 Å². The van der Waals surface area contributed by atoms with E-state index in [1.165, 1.54) is 12.1 Å². The van der Waals surface area contributed by atoms with Crippen LogP contribution in [0.4, 0.5) is 8.78 Å². The molecule has 1 aliphatic heterocycles. The standard InChI is InChI=1S/C10H9F2N/c11-9-2-1-7(5-10(9)12)8-3-4-13-6-8/h1-2,4-5,8H,3,6H2. The van der Waals surface area contributed by atoms with Crippen LogP contribution in [0.3, 0.4) is 0 Å². The Bertz CT molecular complexity index is 339. The third kappa shape index (κ3) is 1.59. The first-order valence-electron chi connectivity index (χ1n) is 4.20. The smallest absolute Gasteiger partial charge is 0.159 e. The average Bonchev–Trinajstić information content (AvgIpc) is 2.62. The molecule has 0 saturated carbocycles. The van der Waals surface area contributed by atoms with E-state index >= 15 is 0 Å². The van der Waals surface area contributed by atoms with Crippen LogP contribution in [0.15, 0.2) is 23.2 Å². The lowest BCUT2D eigenvalue weighted by Crippen LogP contribution is -1.99. The minimum atomic E-state index is -0.789. The van der Waals surface area contributed by atoms with Gasteiger partial charge in [0, 0.05) is 12.5 Å². The van der Waals surface area contributed by atoms with E-state index in [1.54, 1.807) is 6.07 Å². The SMILES string of the molecule is Fc1ccc(C2CC=NC2)cc1F. The molecule has 0 amide bonds. The molecule has 1 unspecified atom stereocenters. The molecule has 13 heavy (non-hydrogen) atoms. The zero-order valence-electron chi connectivity index (χ0n) is 7.00. The summed E-state index contributed by atoms with van der Waals surface area (Å²) in [4.78, 5) is 4.05. The highest BCUT2D eigenvalue weighted by Gasteiger charge is 2.15. The minimum absolute atomic E-state index is 0.232. The summed E-state index contributed by atoms with van der Waals surface area (Å²) in [5.74, 6) is -1.33. The molecule has 2 rings (SSSR count). The molecular weight excluding hydrogens is 172 g/mol. The number of nitrogens with zero attached hydrogens (tertiary/aromatic N) is 1. The second-order valence-electron chi connectivity index (χ2n) is 3.15. The van der Waals surface area contributed by atoms with Gasteiger partial charge in [0.1, 0.15) is 0 Å². The minimum Gasteiger partial charge on any atom is -0.297 e. The average molecular weight is 181 g/mol. The van der Waals surface area contributed by atoms with Gasteiger partial charge in [-0.25, -0.2) is 8.78 Å². The fraction of sp³-hybridized carbons (Fsp3) is 0.300. The molecule has 0 saturated heterocycles. The molecule has 1 aliphatic rings. The maximum atomic E-state index is 12.8.